The van der Waals surface area contributed by atoms with Gasteiger partial charge in [-0.05, 0) is 54.9 Å². The molecule has 2 N–H and O–H groups in total. The highest BCUT2D eigenvalue weighted by molar-refractivity contribution is 5.85. The minimum Gasteiger partial charge on any atom is -0.347 e. The Bertz CT molecular complexity index is 576. The Kier molecular flexibility index (Phi) is 1.92. The SMILES string of the molecule is NC1CC(c2cc3c4c(ccn4CCC3)c2)C1. The maximum absolute atomic E-state index is 5.90. The van der Waals surface area contributed by atoms with Gasteiger partial charge in [-0.1, -0.05) is 6.07 Å². The molecule has 1 fully saturated rings. The molecule has 2 heteroatoms. The highest BCUT2D eigenvalue weighted by Gasteiger charge is 2.28. The molecule has 88 valence electrons. The topological polar surface area (TPSA) is 30.9 Å². The summed E-state index contributed by atoms with van der Waals surface area (Å²) in [5.74, 6) is 0.718. The van der Waals surface area contributed by atoms with Crippen molar-refractivity contribution in [1.82, 2.24) is 4.57 Å². The highest BCUT2D eigenvalue weighted by Crippen LogP contribution is 2.38. The first-order valence-electron chi connectivity index (χ1n) is 6.68. The van der Waals surface area contributed by atoms with Crippen LogP contribution in [-0.4, -0.2) is 10.6 Å². The molecule has 1 aliphatic heterocycles. The standard InChI is InChI=1S/C15H18N2/c16-14-8-13(9-14)12-6-10-2-1-4-17-5-3-11(7-12)15(10)17/h3,5-7,13-14H,1-2,4,8-9,16H2. The third-order valence-corrected chi connectivity index (χ3v) is 4.45. The molecular formula is C15H18N2. The van der Waals surface area contributed by atoms with Crippen molar-refractivity contribution in [2.45, 2.75) is 44.2 Å². The molecule has 0 radical (unpaired) electrons. The average Bonchev–Trinajstić information content (AvgIpc) is 2.70. The van der Waals surface area contributed by atoms with Gasteiger partial charge in [0.25, 0.3) is 0 Å². The lowest BCUT2D eigenvalue weighted by Crippen LogP contribution is -2.34. The Labute approximate surface area is 101 Å². The van der Waals surface area contributed by atoms with Crippen molar-refractivity contribution in [3.8, 4) is 0 Å². The fourth-order valence-corrected chi connectivity index (χ4v) is 3.45. The Morgan fingerprint density at radius 3 is 2.94 bits per heavy atom. The van der Waals surface area contributed by atoms with Crippen LogP contribution < -0.4 is 5.73 Å². The molecule has 2 aliphatic rings. The predicted octanol–water partition coefficient (Wildman–Crippen LogP) is 2.79. The lowest BCUT2D eigenvalue weighted by atomic mass is 9.75. The van der Waals surface area contributed by atoms with Crippen molar-refractivity contribution in [3.05, 3.63) is 35.5 Å². The summed E-state index contributed by atoms with van der Waals surface area (Å²) in [7, 11) is 0. The Hall–Kier alpha value is -1.28. The van der Waals surface area contributed by atoms with Crippen LogP contribution in [0.5, 0.6) is 0 Å². The van der Waals surface area contributed by atoms with Gasteiger partial charge in [-0.2, -0.15) is 0 Å². The van der Waals surface area contributed by atoms with E-state index in [4.69, 9.17) is 5.73 Å². The Morgan fingerprint density at radius 2 is 2.12 bits per heavy atom. The first kappa shape index (κ1) is 9.72. The van der Waals surface area contributed by atoms with Gasteiger partial charge in [0.15, 0.2) is 0 Å². The highest BCUT2D eigenvalue weighted by atomic mass is 15.0. The second kappa shape index (κ2) is 3.36. The summed E-state index contributed by atoms with van der Waals surface area (Å²) in [5.41, 5.74) is 10.4. The quantitative estimate of drug-likeness (QED) is 0.796. The van der Waals surface area contributed by atoms with Crippen LogP contribution in [0.3, 0.4) is 0 Å². The van der Waals surface area contributed by atoms with E-state index in [0.717, 1.165) is 5.92 Å². The van der Waals surface area contributed by atoms with Gasteiger partial charge in [-0.15, -0.1) is 0 Å². The Morgan fingerprint density at radius 1 is 1.24 bits per heavy atom. The molecule has 0 atom stereocenters. The van der Waals surface area contributed by atoms with E-state index in [1.165, 1.54) is 48.7 Å². The maximum Gasteiger partial charge on any atom is 0.0513 e. The van der Waals surface area contributed by atoms with E-state index >= 15 is 0 Å². The zero-order valence-electron chi connectivity index (χ0n) is 10.0. The van der Waals surface area contributed by atoms with E-state index in [9.17, 15) is 0 Å². The van der Waals surface area contributed by atoms with Gasteiger partial charge in [-0.3, -0.25) is 0 Å². The largest absolute Gasteiger partial charge is 0.347 e. The van der Waals surface area contributed by atoms with Crippen LogP contribution in [0.4, 0.5) is 0 Å². The molecule has 1 saturated carbocycles. The van der Waals surface area contributed by atoms with Crippen molar-refractivity contribution in [1.29, 1.82) is 0 Å². The van der Waals surface area contributed by atoms with Crippen LogP contribution in [0.1, 0.15) is 36.3 Å². The van der Waals surface area contributed by atoms with Gasteiger partial charge in [-0.25, -0.2) is 0 Å². The Balaban J connectivity index is 1.85. The summed E-state index contributed by atoms with van der Waals surface area (Å²) < 4.78 is 2.41. The second-order valence-corrected chi connectivity index (χ2v) is 5.66. The molecule has 0 amide bonds. The summed E-state index contributed by atoms with van der Waals surface area (Å²) in [5, 5.41) is 1.43. The molecule has 1 aliphatic carbocycles. The van der Waals surface area contributed by atoms with Crippen molar-refractivity contribution in [3.63, 3.8) is 0 Å². The minimum absolute atomic E-state index is 0.441. The number of aromatic nitrogens is 1. The van der Waals surface area contributed by atoms with Crippen LogP contribution >= 0.6 is 0 Å². The zero-order valence-corrected chi connectivity index (χ0v) is 10.0. The van der Waals surface area contributed by atoms with Crippen molar-refractivity contribution < 1.29 is 0 Å². The number of rotatable bonds is 1. The smallest absolute Gasteiger partial charge is 0.0513 e. The van der Waals surface area contributed by atoms with E-state index in [1.807, 2.05) is 0 Å². The van der Waals surface area contributed by atoms with Crippen molar-refractivity contribution in [2.75, 3.05) is 0 Å². The van der Waals surface area contributed by atoms with Crippen LogP contribution in [0.25, 0.3) is 10.9 Å². The predicted molar refractivity (Wildman–Crippen MR) is 70.2 cm³/mol. The van der Waals surface area contributed by atoms with E-state index in [-0.39, 0.29) is 0 Å². The molecule has 2 heterocycles. The lowest BCUT2D eigenvalue weighted by Gasteiger charge is -2.33. The molecule has 17 heavy (non-hydrogen) atoms. The first-order valence-corrected chi connectivity index (χ1v) is 6.68. The summed E-state index contributed by atoms with van der Waals surface area (Å²) in [6.07, 6.45) is 7.11. The molecule has 1 aromatic heterocycles. The number of nitrogens with two attached hydrogens (primary N) is 1. The van der Waals surface area contributed by atoms with Gasteiger partial charge in [0.05, 0.1) is 5.52 Å². The van der Waals surface area contributed by atoms with Crippen LogP contribution in [-0.2, 0) is 13.0 Å². The number of benzene rings is 1. The monoisotopic (exact) mass is 226 g/mol. The molecular weight excluding hydrogens is 208 g/mol. The summed E-state index contributed by atoms with van der Waals surface area (Å²) in [6, 6.07) is 7.54. The van der Waals surface area contributed by atoms with E-state index in [2.05, 4.69) is 29.0 Å². The number of aryl methyl sites for hydroxylation is 2. The molecule has 4 rings (SSSR count). The van der Waals surface area contributed by atoms with Gasteiger partial charge in [0.1, 0.15) is 0 Å². The minimum atomic E-state index is 0.441. The third-order valence-electron chi connectivity index (χ3n) is 4.45. The molecule has 2 nitrogen and oxygen atoms in total. The second-order valence-electron chi connectivity index (χ2n) is 5.66. The van der Waals surface area contributed by atoms with E-state index in [1.54, 1.807) is 5.56 Å². The maximum atomic E-state index is 5.90. The molecule has 1 aromatic carbocycles. The summed E-state index contributed by atoms with van der Waals surface area (Å²) in [4.78, 5) is 0. The lowest BCUT2D eigenvalue weighted by molar-refractivity contribution is 0.351. The van der Waals surface area contributed by atoms with E-state index < -0.39 is 0 Å². The zero-order chi connectivity index (χ0) is 11.4. The van der Waals surface area contributed by atoms with Crippen molar-refractivity contribution in [2.24, 2.45) is 5.73 Å². The van der Waals surface area contributed by atoms with Crippen LogP contribution in [0.15, 0.2) is 24.4 Å². The molecule has 0 saturated heterocycles. The molecule has 0 unspecified atom stereocenters. The molecule has 0 spiro atoms. The number of nitrogens with zero attached hydrogens (tertiary/aromatic N) is 1. The van der Waals surface area contributed by atoms with Crippen molar-refractivity contribution >= 4 is 10.9 Å². The third kappa shape index (κ3) is 1.37. The van der Waals surface area contributed by atoms with Gasteiger partial charge >= 0.3 is 0 Å². The first-order chi connectivity index (χ1) is 8.31. The van der Waals surface area contributed by atoms with E-state index in [0.29, 0.717) is 6.04 Å². The van der Waals surface area contributed by atoms with Crippen LogP contribution in [0.2, 0.25) is 0 Å². The van der Waals surface area contributed by atoms with Crippen LogP contribution in [0, 0.1) is 0 Å². The molecule has 0 bridgehead atoms. The average molecular weight is 226 g/mol. The van der Waals surface area contributed by atoms with Gasteiger partial charge < -0.3 is 10.3 Å². The normalized spacial score (nSPS) is 27.1. The van der Waals surface area contributed by atoms with Gasteiger partial charge in [0, 0.05) is 24.2 Å². The summed E-state index contributed by atoms with van der Waals surface area (Å²) in [6.45, 7) is 1.18. The fourth-order valence-electron chi connectivity index (χ4n) is 3.45. The number of hydrogen-bond donors (Lipinski definition) is 1. The number of hydrogen-bond acceptors (Lipinski definition) is 1. The fraction of sp³-hybridized carbons (Fsp3) is 0.467. The summed E-state index contributed by atoms with van der Waals surface area (Å²) >= 11 is 0. The molecule has 2 aromatic rings. The van der Waals surface area contributed by atoms with Gasteiger partial charge in [0.2, 0.25) is 0 Å².